The van der Waals surface area contributed by atoms with Gasteiger partial charge in [0.25, 0.3) is 0 Å². The molecule has 82 valence electrons. The SMILES string of the molecule is COCC(C)Oc1ncccc1C(=O)O. The highest BCUT2D eigenvalue weighted by Gasteiger charge is 2.14. The van der Waals surface area contributed by atoms with Crippen molar-refractivity contribution in [2.24, 2.45) is 0 Å². The van der Waals surface area contributed by atoms with Crippen molar-refractivity contribution in [1.29, 1.82) is 0 Å². The van der Waals surface area contributed by atoms with E-state index in [9.17, 15) is 4.79 Å². The van der Waals surface area contributed by atoms with Crippen molar-refractivity contribution in [3.05, 3.63) is 23.9 Å². The maximum atomic E-state index is 10.8. The normalized spacial score (nSPS) is 12.1. The largest absolute Gasteiger partial charge is 0.477 e. The van der Waals surface area contributed by atoms with Gasteiger partial charge in [-0.25, -0.2) is 9.78 Å². The monoisotopic (exact) mass is 211 g/mol. The Morgan fingerprint density at radius 1 is 1.67 bits per heavy atom. The molecule has 15 heavy (non-hydrogen) atoms. The Morgan fingerprint density at radius 2 is 2.40 bits per heavy atom. The van der Waals surface area contributed by atoms with Gasteiger partial charge in [-0.15, -0.1) is 0 Å². The van der Waals surface area contributed by atoms with Crippen molar-refractivity contribution in [3.8, 4) is 5.88 Å². The van der Waals surface area contributed by atoms with Crippen molar-refractivity contribution < 1.29 is 19.4 Å². The molecule has 0 amide bonds. The quantitative estimate of drug-likeness (QED) is 0.792. The summed E-state index contributed by atoms with van der Waals surface area (Å²) >= 11 is 0. The minimum absolute atomic E-state index is 0.0560. The van der Waals surface area contributed by atoms with E-state index in [0.29, 0.717) is 6.61 Å². The molecular formula is C10H13NO4. The molecule has 0 radical (unpaired) electrons. The lowest BCUT2D eigenvalue weighted by molar-refractivity contribution is 0.0668. The number of hydrogen-bond donors (Lipinski definition) is 1. The van der Waals surface area contributed by atoms with Crippen molar-refractivity contribution >= 4 is 5.97 Å². The summed E-state index contributed by atoms with van der Waals surface area (Å²) in [7, 11) is 1.55. The van der Waals surface area contributed by atoms with Crippen molar-refractivity contribution in [2.75, 3.05) is 13.7 Å². The van der Waals surface area contributed by atoms with E-state index in [4.69, 9.17) is 14.6 Å². The molecule has 0 spiro atoms. The zero-order chi connectivity index (χ0) is 11.3. The number of carboxylic acids is 1. The first kappa shape index (κ1) is 11.5. The number of rotatable bonds is 5. The summed E-state index contributed by atoms with van der Waals surface area (Å²) in [5.74, 6) is -0.933. The van der Waals surface area contributed by atoms with Crippen LogP contribution in [0, 0.1) is 0 Å². The number of carboxylic acid groups (broad SMARTS) is 1. The van der Waals surface area contributed by atoms with Crippen LogP contribution in [0.3, 0.4) is 0 Å². The molecule has 0 saturated carbocycles. The van der Waals surface area contributed by atoms with E-state index in [-0.39, 0.29) is 17.5 Å². The van der Waals surface area contributed by atoms with Crippen LogP contribution in [-0.4, -0.2) is 35.9 Å². The van der Waals surface area contributed by atoms with Crippen molar-refractivity contribution in [3.63, 3.8) is 0 Å². The molecule has 5 heteroatoms. The summed E-state index contributed by atoms with van der Waals surface area (Å²) in [6, 6.07) is 3.00. The summed E-state index contributed by atoms with van der Waals surface area (Å²) in [6.07, 6.45) is 1.25. The molecule has 0 aliphatic rings. The van der Waals surface area contributed by atoms with Crippen LogP contribution >= 0.6 is 0 Å². The molecule has 1 rings (SSSR count). The van der Waals surface area contributed by atoms with Gasteiger partial charge >= 0.3 is 5.97 Å². The summed E-state index contributed by atoms with van der Waals surface area (Å²) in [6.45, 7) is 2.17. The fourth-order valence-electron chi connectivity index (χ4n) is 1.11. The van der Waals surface area contributed by atoms with Crippen LogP contribution in [0.1, 0.15) is 17.3 Å². The van der Waals surface area contributed by atoms with Crippen LogP contribution < -0.4 is 4.74 Å². The Morgan fingerprint density at radius 3 is 3.00 bits per heavy atom. The smallest absolute Gasteiger partial charge is 0.341 e. The highest BCUT2D eigenvalue weighted by Crippen LogP contribution is 2.15. The van der Waals surface area contributed by atoms with Crippen LogP contribution in [0.15, 0.2) is 18.3 Å². The Hall–Kier alpha value is -1.62. The second-order valence-electron chi connectivity index (χ2n) is 3.05. The van der Waals surface area contributed by atoms with Gasteiger partial charge in [-0.1, -0.05) is 0 Å². The molecular weight excluding hydrogens is 198 g/mol. The van der Waals surface area contributed by atoms with Crippen molar-refractivity contribution in [2.45, 2.75) is 13.0 Å². The van der Waals surface area contributed by atoms with E-state index < -0.39 is 5.97 Å². The summed E-state index contributed by atoms with van der Waals surface area (Å²) in [5, 5.41) is 8.86. The fourth-order valence-corrected chi connectivity index (χ4v) is 1.11. The van der Waals surface area contributed by atoms with Crippen molar-refractivity contribution in [1.82, 2.24) is 4.98 Å². The van der Waals surface area contributed by atoms with E-state index in [2.05, 4.69) is 4.98 Å². The van der Waals surface area contributed by atoms with Crippen LogP contribution in [0.25, 0.3) is 0 Å². The van der Waals surface area contributed by atoms with E-state index in [1.165, 1.54) is 12.3 Å². The maximum absolute atomic E-state index is 10.8. The second kappa shape index (κ2) is 5.31. The van der Waals surface area contributed by atoms with Crippen LogP contribution in [-0.2, 0) is 4.74 Å². The molecule has 0 saturated heterocycles. The molecule has 0 bridgehead atoms. The standard InChI is InChI=1S/C10H13NO4/c1-7(6-14-2)15-9-8(10(12)13)4-3-5-11-9/h3-5,7H,6H2,1-2H3,(H,12,13). The summed E-state index contributed by atoms with van der Waals surface area (Å²) in [4.78, 5) is 14.7. The Bertz CT molecular complexity index is 340. The molecule has 1 aromatic rings. The highest BCUT2D eigenvalue weighted by atomic mass is 16.5. The lowest BCUT2D eigenvalue weighted by Crippen LogP contribution is -2.20. The van der Waals surface area contributed by atoms with E-state index in [1.807, 2.05) is 0 Å². The van der Waals surface area contributed by atoms with Gasteiger partial charge in [-0.3, -0.25) is 0 Å². The van der Waals surface area contributed by atoms with E-state index in [1.54, 1.807) is 20.1 Å². The first-order valence-corrected chi connectivity index (χ1v) is 4.49. The number of carbonyl (C=O) groups is 1. The van der Waals surface area contributed by atoms with Gasteiger partial charge in [0.1, 0.15) is 11.7 Å². The third-order valence-corrected chi connectivity index (χ3v) is 1.72. The zero-order valence-electron chi connectivity index (χ0n) is 8.64. The number of aromatic nitrogens is 1. The molecule has 0 aromatic carbocycles. The second-order valence-corrected chi connectivity index (χ2v) is 3.05. The minimum atomic E-state index is -1.05. The highest BCUT2D eigenvalue weighted by molar-refractivity contribution is 5.90. The summed E-state index contributed by atoms with van der Waals surface area (Å²) in [5.41, 5.74) is 0.0560. The van der Waals surface area contributed by atoms with Gasteiger partial charge in [0, 0.05) is 13.3 Å². The van der Waals surface area contributed by atoms with Crippen LogP contribution in [0.5, 0.6) is 5.88 Å². The Labute approximate surface area is 87.7 Å². The van der Waals surface area contributed by atoms with E-state index in [0.717, 1.165) is 0 Å². The fraction of sp³-hybridized carbons (Fsp3) is 0.400. The first-order chi connectivity index (χ1) is 7.15. The number of hydrogen-bond acceptors (Lipinski definition) is 4. The molecule has 0 fully saturated rings. The molecule has 1 heterocycles. The van der Waals surface area contributed by atoms with Gasteiger partial charge in [-0.2, -0.15) is 0 Å². The topological polar surface area (TPSA) is 68.7 Å². The average Bonchev–Trinajstić information content (AvgIpc) is 2.18. The average molecular weight is 211 g/mol. The van der Waals surface area contributed by atoms with Gasteiger partial charge < -0.3 is 14.6 Å². The van der Waals surface area contributed by atoms with Gasteiger partial charge in [0.15, 0.2) is 0 Å². The Kier molecular flexibility index (Phi) is 4.05. The lowest BCUT2D eigenvalue weighted by atomic mass is 10.3. The van der Waals surface area contributed by atoms with Gasteiger partial charge in [0.2, 0.25) is 5.88 Å². The number of methoxy groups -OCH3 is 1. The molecule has 1 N–H and O–H groups in total. The third kappa shape index (κ3) is 3.21. The molecule has 1 atom stereocenters. The number of pyridine rings is 1. The summed E-state index contributed by atoms with van der Waals surface area (Å²) < 4.78 is 10.2. The molecule has 1 unspecified atom stereocenters. The Balaban J connectivity index is 2.79. The molecule has 5 nitrogen and oxygen atoms in total. The maximum Gasteiger partial charge on any atom is 0.341 e. The van der Waals surface area contributed by atoms with Crippen LogP contribution in [0.4, 0.5) is 0 Å². The number of aromatic carboxylic acids is 1. The predicted molar refractivity (Wildman–Crippen MR) is 53.2 cm³/mol. The number of nitrogens with zero attached hydrogens (tertiary/aromatic N) is 1. The molecule has 0 aliphatic carbocycles. The molecule has 1 aromatic heterocycles. The zero-order valence-corrected chi connectivity index (χ0v) is 8.64. The van der Waals surface area contributed by atoms with Gasteiger partial charge in [-0.05, 0) is 19.1 Å². The molecule has 0 aliphatic heterocycles. The van der Waals surface area contributed by atoms with Crippen LogP contribution in [0.2, 0.25) is 0 Å². The predicted octanol–water partition coefficient (Wildman–Crippen LogP) is 1.19. The van der Waals surface area contributed by atoms with Gasteiger partial charge in [0.05, 0.1) is 6.61 Å². The minimum Gasteiger partial charge on any atom is -0.477 e. The van der Waals surface area contributed by atoms with E-state index >= 15 is 0 Å². The third-order valence-electron chi connectivity index (χ3n) is 1.72. The lowest BCUT2D eigenvalue weighted by Gasteiger charge is -2.13. The first-order valence-electron chi connectivity index (χ1n) is 4.49. The number of ether oxygens (including phenoxy) is 2.